The standard InChI is InChI=1S/C14H7Cl2F3N4O2/c15-8-1-2-10(16)21-9(8)5-7-6(3-4-20-12(7)24)11-22-13(25-23-11)14(17,18)19/h1-4H,5H2,(H,20,24). The predicted octanol–water partition coefficient (Wildman–Crippen LogP) is 3.74. The van der Waals surface area contributed by atoms with Crippen molar-refractivity contribution in [2.45, 2.75) is 12.6 Å². The number of pyridine rings is 2. The summed E-state index contributed by atoms with van der Waals surface area (Å²) >= 11 is 11.8. The maximum absolute atomic E-state index is 12.6. The molecule has 130 valence electrons. The molecule has 0 aliphatic rings. The topological polar surface area (TPSA) is 84.7 Å². The Morgan fingerprint density at radius 1 is 1.16 bits per heavy atom. The van der Waals surface area contributed by atoms with E-state index in [0.29, 0.717) is 0 Å². The number of nitrogens with one attached hydrogen (secondary N) is 1. The van der Waals surface area contributed by atoms with Gasteiger partial charge in [0.2, 0.25) is 5.82 Å². The number of alkyl halides is 3. The van der Waals surface area contributed by atoms with Gasteiger partial charge in [0, 0.05) is 23.7 Å². The summed E-state index contributed by atoms with van der Waals surface area (Å²) in [5.41, 5.74) is -0.116. The van der Waals surface area contributed by atoms with Gasteiger partial charge in [-0.15, -0.1) is 0 Å². The van der Waals surface area contributed by atoms with Crippen molar-refractivity contribution in [2.24, 2.45) is 0 Å². The van der Waals surface area contributed by atoms with Crippen molar-refractivity contribution < 1.29 is 17.7 Å². The van der Waals surface area contributed by atoms with E-state index in [-0.39, 0.29) is 39.2 Å². The first-order chi connectivity index (χ1) is 11.8. The van der Waals surface area contributed by atoms with Crippen molar-refractivity contribution in [3.63, 3.8) is 0 Å². The minimum atomic E-state index is -4.79. The molecule has 0 saturated carbocycles. The molecular weight excluding hydrogens is 384 g/mol. The zero-order valence-electron chi connectivity index (χ0n) is 12.1. The van der Waals surface area contributed by atoms with Crippen LogP contribution in [0.25, 0.3) is 11.4 Å². The van der Waals surface area contributed by atoms with Crippen LogP contribution in [0.4, 0.5) is 13.2 Å². The minimum absolute atomic E-state index is 0.0702. The van der Waals surface area contributed by atoms with Crippen LogP contribution in [-0.4, -0.2) is 20.1 Å². The fourth-order valence-electron chi connectivity index (χ4n) is 2.09. The lowest BCUT2D eigenvalue weighted by Crippen LogP contribution is -2.15. The highest BCUT2D eigenvalue weighted by atomic mass is 35.5. The van der Waals surface area contributed by atoms with Gasteiger partial charge in [0.05, 0.1) is 10.7 Å². The average Bonchev–Trinajstić information content (AvgIpc) is 3.03. The van der Waals surface area contributed by atoms with Crippen LogP contribution in [0.2, 0.25) is 10.2 Å². The first-order valence-electron chi connectivity index (χ1n) is 6.68. The van der Waals surface area contributed by atoms with Crippen molar-refractivity contribution >= 4 is 23.2 Å². The minimum Gasteiger partial charge on any atom is -0.329 e. The Hall–Kier alpha value is -2.39. The number of aromatic amines is 1. The van der Waals surface area contributed by atoms with Crippen LogP contribution in [0.5, 0.6) is 0 Å². The van der Waals surface area contributed by atoms with E-state index < -0.39 is 17.6 Å². The predicted molar refractivity (Wildman–Crippen MR) is 82.4 cm³/mol. The average molecular weight is 391 g/mol. The lowest BCUT2D eigenvalue weighted by atomic mass is 10.0. The van der Waals surface area contributed by atoms with Gasteiger partial charge in [-0.25, -0.2) is 4.98 Å². The van der Waals surface area contributed by atoms with Crippen molar-refractivity contribution in [3.05, 3.63) is 62.1 Å². The summed E-state index contributed by atoms with van der Waals surface area (Å²) in [6.45, 7) is 0. The molecule has 0 aliphatic heterocycles. The van der Waals surface area contributed by atoms with Gasteiger partial charge in [0.1, 0.15) is 5.15 Å². The van der Waals surface area contributed by atoms with Gasteiger partial charge in [-0.1, -0.05) is 28.4 Å². The molecule has 0 atom stereocenters. The molecule has 0 fully saturated rings. The van der Waals surface area contributed by atoms with E-state index in [1.54, 1.807) is 0 Å². The number of hydrogen-bond acceptors (Lipinski definition) is 5. The van der Waals surface area contributed by atoms with Crippen molar-refractivity contribution in [1.82, 2.24) is 20.1 Å². The van der Waals surface area contributed by atoms with E-state index in [1.807, 2.05) is 0 Å². The normalized spacial score (nSPS) is 11.7. The Morgan fingerprint density at radius 3 is 2.60 bits per heavy atom. The summed E-state index contributed by atoms with van der Waals surface area (Å²) in [5, 5.41) is 3.71. The third-order valence-corrected chi connectivity index (χ3v) is 3.76. The quantitative estimate of drug-likeness (QED) is 0.688. The Bertz CT molecular complexity index is 985. The highest BCUT2D eigenvalue weighted by molar-refractivity contribution is 6.32. The monoisotopic (exact) mass is 390 g/mol. The van der Waals surface area contributed by atoms with E-state index in [9.17, 15) is 18.0 Å². The fraction of sp³-hybridized carbons (Fsp3) is 0.143. The van der Waals surface area contributed by atoms with Gasteiger partial charge in [-0.2, -0.15) is 18.2 Å². The number of aromatic nitrogens is 4. The second-order valence-electron chi connectivity index (χ2n) is 4.86. The molecule has 11 heteroatoms. The molecular formula is C14H7Cl2F3N4O2. The second kappa shape index (κ2) is 6.49. The highest BCUT2D eigenvalue weighted by Crippen LogP contribution is 2.30. The molecule has 1 N–H and O–H groups in total. The van der Waals surface area contributed by atoms with Gasteiger partial charge in [-0.05, 0) is 18.2 Å². The molecule has 0 aliphatic carbocycles. The summed E-state index contributed by atoms with van der Waals surface area (Å²) in [4.78, 5) is 21.9. The fourth-order valence-corrected chi connectivity index (χ4v) is 2.43. The van der Waals surface area contributed by atoms with Gasteiger partial charge in [0.25, 0.3) is 5.56 Å². The highest BCUT2D eigenvalue weighted by Gasteiger charge is 2.38. The Kier molecular flexibility index (Phi) is 4.53. The molecule has 0 spiro atoms. The number of nitrogens with zero attached hydrogens (tertiary/aromatic N) is 3. The van der Waals surface area contributed by atoms with Crippen LogP contribution >= 0.6 is 23.2 Å². The third-order valence-electron chi connectivity index (χ3n) is 3.20. The zero-order valence-corrected chi connectivity index (χ0v) is 13.6. The molecule has 25 heavy (non-hydrogen) atoms. The molecule has 0 bridgehead atoms. The maximum atomic E-state index is 12.6. The van der Waals surface area contributed by atoms with Gasteiger partial charge >= 0.3 is 12.1 Å². The Morgan fingerprint density at radius 2 is 1.92 bits per heavy atom. The van der Waals surface area contributed by atoms with E-state index >= 15 is 0 Å². The van der Waals surface area contributed by atoms with Crippen LogP contribution in [-0.2, 0) is 12.6 Å². The molecule has 0 amide bonds. The number of hydrogen-bond donors (Lipinski definition) is 1. The van der Waals surface area contributed by atoms with E-state index in [2.05, 4.69) is 24.6 Å². The smallest absolute Gasteiger partial charge is 0.329 e. The Balaban J connectivity index is 2.08. The van der Waals surface area contributed by atoms with Crippen LogP contribution < -0.4 is 5.56 Å². The first-order valence-corrected chi connectivity index (χ1v) is 7.44. The van der Waals surface area contributed by atoms with Crippen LogP contribution in [0.3, 0.4) is 0 Å². The van der Waals surface area contributed by atoms with Gasteiger partial charge < -0.3 is 9.51 Å². The first kappa shape index (κ1) is 17.4. The van der Waals surface area contributed by atoms with E-state index in [4.69, 9.17) is 23.2 Å². The summed E-state index contributed by atoms with van der Waals surface area (Å²) in [7, 11) is 0. The largest absolute Gasteiger partial charge is 0.471 e. The molecule has 3 aromatic rings. The molecule has 0 radical (unpaired) electrons. The van der Waals surface area contributed by atoms with E-state index in [1.165, 1.54) is 24.4 Å². The second-order valence-corrected chi connectivity index (χ2v) is 5.65. The maximum Gasteiger partial charge on any atom is 0.471 e. The molecule has 0 saturated heterocycles. The van der Waals surface area contributed by atoms with Crippen LogP contribution in [0.1, 0.15) is 17.1 Å². The van der Waals surface area contributed by atoms with Gasteiger partial charge in [0.15, 0.2) is 0 Å². The number of rotatable bonds is 3. The molecule has 0 unspecified atom stereocenters. The Labute approximate surface area is 147 Å². The molecule has 3 rings (SSSR count). The van der Waals surface area contributed by atoms with Crippen molar-refractivity contribution in [1.29, 1.82) is 0 Å². The summed E-state index contributed by atoms with van der Waals surface area (Å²) in [5.74, 6) is -1.88. The van der Waals surface area contributed by atoms with Crippen LogP contribution in [0.15, 0.2) is 33.7 Å². The van der Waals surface area contributed by atoms with Crippen LogP contribution in [0, 0.1) is 0 Å². The van der Waals surface area contributed by atoms with Gasteiger partial charge in [-0.3, -0.25) is 4.79 Å². The number of halogens is 5. The third kappa shape index (κ3) is 3.67. The molecule has 3 aromatic heterocycles. The summed E-state index contributed by atoms with van der Waals surface area (Å²) < 4.78 is 42.1. The van der Waals surface area contributed by atoms with E-state index in [0.717, 1.165) is 0 Å². The summed E-state index contributed by atoms with van der Waals surface area (Å²) in [6.07, 6.45) is -3.61. The molecule has 6 nitrogen and oxygen atoms in total. The zero-order chi connectivity index (χ0) is 18.2. The molecule has 3 heterocycles. The summed E-state index contributed by atoms with van der Waals surface area (Å²) in [6, 6.07) is 4.33. The SMILES string of the molecule is O=c1[nH]ccc(-c2noc(C(F)(F)F)n2)c1Cc1nc(Cl)ccc1Cl. The lowest BCUT2D eigenvalue weighted by molar-refractivity contribution is -0.159. The lowest BCUT2D eigenvalue weighted by Gasteiger charge is -2.07. The van der Waals surface area contributed by atoms with Crippen molar-refractivity contribution in [2.75, 3.05) is 0 Å². The van der Waals surface area contributed by atoms with Crippen molar-refractivity contribution in [3.8, 4) is 11.4 Å². The molecule has 0 aromatic carbocycles. The number of H-pyrrole nitrogens is 1.